The Hall–Kier alpha value is -3.31. The topological polar surface area (TPSA) is 67.4 Å². The third kappa shape index (κ3) is 5.89. The maximum atomic E-state index is 12.6. The molecular formula is C26H27ClN2O3. The highest BCUT2D eigenvalue weighted by molar-refractivity contribution is 6.32. The lowest BCUT2D eigenvalue weighted by Gasteiger charge is -2.19. The highest BCUT2D eigenvalue weighted by atomic mass is 35.5. The fourth-order valence-corrected chi connectivity index (χ4v) is 3.35. The summed E-state index contributed by atoms with van der Waals surface area (Å²) < 4.78 is 5.40. The minimum atomic E-state index is -0.309. The van der Waals surface area contributed by atoms with Gasteiger partial charge in [-0.2, -0.15) is 0 Å². The number of benzene rings is 3. The third-order valence-corrected chi connectivity index (χ3v) is 5.18. The fraction of sp³-hybridized carbons (Fsp3) is 0.231. The van der Waals surface area contributed by atoms with E-state index in [9.17, 15) is 9.59 Å². The van der Waals surface area contributed by atoms with Crippen molar-refractivity contribution < 1.29 is 14.3 Å². The van der Waals surface area contributed by atoms with E-state index in [4.69, 9.17) is 16.3 Å². The smallest absolute Gasteiger partial charge is 0.255 e. The van der Waals surface area contributed by atoms with Crippen molar-refractivity contribution in [1.82, 2.24) is 0 Å². The van der Waals surface area contributed by atoms with Gasteiger partial charge in [0.25, 0.3) is 11.8 Å². The van der Waals surface area contributed by atoms with Gasteiger partial charge in [0.2, 0.25) is 0 Å². The Kier molecular flexibility index (Phi) is 7.21. The van der Waals surface area contributed by atoms with Gasteiger partial charge in [0.1, 0.15) is 5.75 Å². The number of hydrogen-bond donors (Lipinski definition) is 2. The van der Waals surface area contributed by atoms with Crippen molar-refractivity contribution in [3.8, 4) is 5.75 Å². The molecule has 0 aliphatic rings. The first kappa shape index (κ1) is 23.4. The van der Waals surface area contributed by atoms with Crippen molar-refractivity contribution in [1.29, 1.82) is 0 Å². The monoisotopic (exact) mass is 450 g/mol. The predicted molar refractivity (Wildman–Crippen MR) is 130 cm³/mol. The van der Waals surface area contributed by atoms with Gasteiger partial charge in [-0.3, -0.25) is 9.59 Å². The Balaban J connectivity index is 1.68. The van der Waals surface area contributed by atoms with E-state index in [1.54, 1.807) is 42.5 Å². The molecule has 0 unspecified atom stereocenters. The maximum Gasteiger partial charge on any atom is 0.255 e. The molecule has 3 aromatic carbocycles. The molecule has 0 radical (unpaired) electrons. The third-order valence-electron chi connectivity index (χ3n) is 4.89. The SMILES string of the molecule is CCOc1ccc(C(=O)Nc2cccc(NC(=O)c3ccc(C(C)(C)C)cc3)c2)cc1Cl. The molecule has 0 aromatic heterocycles. The van der Waals surface area contributed by atoms with Crippen LogP contribution in [0.4, 0.5) is 11.4 Å². The van der Waals surface area contributed by atoms with Crippen LogP contribution >= 0.6 is 11.6 Å². The van der Waals surface area contributed by atoms with E-state index >= 15 is 0 Å². The van der Waals surface area contributed by atoms with Crippen molar-refractivity contribution in [2.75, 3.05) is 17.2 Å². The van der Waals surface area contributed by atoms with Gasteiger partial charge in [-0.25, -0.2) is 0 Å². The Morgan fingerprint density at radius 1 is 0.844 bits per heavy atom. The van der Waals surface area contributed by atoms with Crippen molar-refractivity contribution in [3.63, 3.8) is 0 Å². The lowest BCUT2D eigenvalue weighted by atomic mass is 9.87. The molecule has 2 amide bonds. The lowest BCUT2D eigenvalue weighted by molar-refractivity contribution is 0.101. The predicted octanol–water partition coefficient (Wildman–Crippen LogP) is 6.54. The van der Waals surface area contributed by atoms with Gasteiger partial charge < -0.3 is 15.4 Å². The van der Waals surface area contributed by atoms with E-state index in [-0.39, 0.29) is 17.2 Å². The van der Waals surface area contributed by atoms with Crippen molar-refractivity contribution in [2.24, 2.45) is 0 Å². The van der Waals surface area contributed by atoms with Gasteiger partial charge in [-0.1, -0.05) is 50.6 Å². The average molecular weight is 451 g/mol. The molecule has 0 fully saturated rings. The number of anilines is 2. The van der Waals surface area contributed by atoms with Crippen LogP contribution in [0.5, 0.6) is 5.75 Å². The van der Waals surface area contributed by atoms with Crippen LogP contribution in [0.15, 0.2) is 66.7 Å². The van der Waals surface area contributed by atoms with E-state index in [2.05, 4.69) is 31.4 Å². The quantitative estimate of drug-likeness (QED) is 0.448. The van der Waals surface area contributed by atoms with Gasteiger partial charge in [0, 0.05) is 22.5 Å². The van der Waals surface area contributed by atoms with E-state index in [0.717, 1.165) is 5.56 Å². The van der Waals surface area contributed by atoms with Crippen LogP contribution in [0.1, 0.15) is 54.0 Å². The summed E-state index contributed by atoms with van der Waals surface area (Å²) >= 11 is 6.18. The molecule has 0 aliphatic heterocycles. The van der Waals surface area contributed by atoms with Gasteiger partial charge in [-0.15, -0.1) is 0 Å². The van der Waals surface area contributed by atoms with E-state index < -0.39 is 0 Å². The highest BCUT2D eigenvalue weighted by Gasteiger charge is 2.15. The van der Waals surface area contributed by atoms with Crippen molar-refractivity contribution in [3.05, 3.63) is 88.4 Å². The van der Waals surface area contributed by atoms with Crippen LogP contribution in [0.3, 0.4) is 0 Å². The zero-order valence-corrected chi connectivity index (χ0v) is 19.4. The van der Waals surface area contributed by atoms with E-state index in [0.29, 0.717) is 39.9 Å². The molecule has 0 spiro atoms. The molecule has 166 valence electrons. The fourth-order valence-electron chi connectivity index (χ4n) is 3.12. The molecule has 0 heterocycles. The van der Waals surface area contributed by atoms with Gasteiger partial charge >= 0.3 is 0 Å². The second-order valence-electron chi connectivity index (χ2n) is 8.39. The number of hydrogen-bond acceptors (Lipinski definition) is 3. The Morgan fingerprint density at radius 3 is 1.94 bits per heavy atom. The number of carbonyl (C=O) groups is 2. The Bertz CT molecular complexity index is 1120. The first-order chi connectivity index (χ1) is 15.2. The molecule has 0 aliphatic carbocycles. The highest BCUT2D eigenvalue weighted by Crippen LogP contribution is 2.26. The number of nitrogens with one attached hydrogen (secondary N) is 2. The molecule has 3 aromatic rings. The first-order valence-electron chi connectivity index (χ1n) is 10.4. The normalized spacial score (nSPS) is 11.0. The molecule has 5 nitrogen and oxygen atoms in total. The molecule has 0 atom stereocenters. The number of amides is 2. The second-order valence-corrected chi connectivity index (χ2v) is 8.80. The second kappa shape index (κ2) is 9.88. The molecule has 0 saturated heterocycles. The zero-order chi connectivity index (χ0) is 23.3. The van der Waals surface area contributed by atoms with Gasteiger partial charge in [0.05, 0.1) is 11.6 Å². The summed E-state index contributed by atoms with van der Waals surface area (Å²) in [5.41, 5.74) is 3.30. The molecular weight excluding hydrogens is 424 g/mol. The average Bonchev–Trinajstić information content (AvgIpc) is 2.75. The number of halogens is 1. The lowest BCUT2D eigenvalue weighted by Crippen LogP contribution is -2.15. The van der Waals surface area contributed by atoms with E-state index in [1.165, 1.54) is 0 Å². The van der Waals surface area contributed by atoms with E-state index in [1.807, 2.05) is 31.2 Å². The standard InChI is InChI=1S/C26H27ClN2O3/c1-5-32-23-14-11-18(15-22(23)27)25(31)29-21-8-6-7-20(16-21)28-24(30)17-9-12-19(13-10-17)26(2,3)4/h6-16H,5H2,1-4H3,(H,28,30)(H,29,31). The largest absolute Gasteiger partial charge is 0.492 e. The minimum absolute atomic E-state index is 0.0229. The summed E-state index contributed by atoms with van der Waals surface area (Å²) in [5, 5.41) is 6.07. The summed E-state index contributed by atoms with van der Waals surface area (Å²) in [6.07, 6.45) is 0. The van der Waals surface area contributed by atoms with Crippen LogP contribution in [-0.2, 0) is 5.41 Å². The van der Waals surface area contributed by atoms with Crippen molar-refractivity contribution in [2.45, 2.75) is 33.1 Å². The number of carbonyl (C=O) groups excluding carboxylic acids is 2. The number of ether oxygens (including phenoxy) is 1. The molecule has 2 N–H and O–H groups in total. The zero-order valence-electron chi connectivity index (χ0n) is 18.7. The maximum absolute atomic E-state index is 12.6. The molecule has 32 heavy (non-hydrogen) atoms. The van der Waals surface area contributed by atoms with Crippen LogP contribution in [0, 0.1) is 0 Å². The van der Waals surface area contributed by atoms with Gasteiger partial charge in [-0.05, 0) is 66.4 Å². The van der Waals surface area contributed by atoms with Crippen molar-refractivity contribution >= 4 is 34.8 Å². The summed E-state index contributed by atoms with van der Waals surface area (Å²) in [6, 6.07) is 19.4. The first-order valence-corrected chi connectivity index (χ1v) is 10.8. The summed E-state index contributed by atoms with van der Waals surface area (Å²) in [5.74, 6) is 0.00869. The van der Waals surface area contributed by atoms with Crippen LogP contribution in [0.25, 0.3) is 0 Å². The molecule has 3 rings (SSSR count). The molecule has 0 saturated carbocycles. The molecule has 6 heteroatoms. The summed E-state index contributed by atoms with van der Waals surface area (Å²) in [4.78, 5) is 25.2. The van der Waals surface area contributed by atoms with Crippen LogP contribution < -0.4 is 15.4 Å². The Morgan fingerprint density at radius 2 is 1.41 bits per heavy atom. The molecule has 0 bridgehead atoms. The minimum Gasteiger partial charge on any atom is -0.492 e. The van der Waals surface area contributed by atoms with Crippen LogP contribution in [0.2, 0.25) is 5.02 Å². The number of rotatable bonds is 6. The Labute approximate surface area is 193 Å². The summed E-state index contributed by atoms with van der Waals surface area (Å²) in [7, 11) is 0. The van der Waals surface area contributed by atoms with Crippen LogP contribution in [-0.4, -0.2) is 18.4 Å². The summed E-state index contributed by atoms with van der Waals surface area (Å²) in [6.45, 7) is 8.74. The van der Waals surface area contributed by atoms with Gasteiger partial charge in [0.15, 0.2) is 0 Å².